The van der Waals surface area contributed by atoms with Crippen LogP contribution in [-0.2, 0) is 19.6 Å². The van der Waals surface area contributed by atoms with Crippen molar-refractivity contribution in [2.45, 2.75) is 32.6 Å². The molecular formula is C18H27N3O4S. The molecule has 2 rings (SSSR count). The molecule has 0 bridgehead atoms. The summed E-state index contributed by atoms with van der Waals surface area (Å²) in [5.74, 6) is -0.784. The van der Waals surface area contributed by atoms with Crippen molar-refractivity contribution < 1.29 is 18.0 Å². The fraction of sp³-hybridized carbons (Fsp3) is 0.556. The second-order valence-corrected chi connectivity index (χ2v) is 8.77. The van der Waals surface area contributed by atoms with Crippen LogP contribution in [0, 0.1) is 11.8 Å². The molecule has 1 N–H and O–H groups in total. The summed E-state index contributed by atoms with van der Waals surface area (Å²) < 4.78 is 26.5. The molecule has 1 aliphatic rings. The third-order valence-corrected chi connectivity index (χ3v) is 5.72. The molecule has 0 radical (unpaired) electrons. The summed E-state index contributed by atoms with van der Waals surface area (Å²) in [5.41, 5.74) is 0.899. The zero-order valence-electron chi connectivity index (χ0n) is 15.7. The maximum absolute atomic E-state index is 12.2. The Balaban J connectivity index is 2.02. The molecule has 1 aromatic rings. The Morgan fingerprint density at radius 2 is 1.46 bits per heavy atom. The van der Waals surface area contributed by atoms with Crippen molar-refractivity contribution in [3.8, 4) is 0 Å². The average molecular weight is 381 g/mol. The van der Waals surface area contributed by atoms with Crippen molar-refractivity contribution in [3.63, 3.8) is 0 Å². The third-order valence-electron chi connectivity index (χ3n) is 4.36. The Morgan fingerprint density at radius 1 is 0.923 bits per heavy atom. The van der Waals surface area contributed by atoms with E-state index < -0.39 is 21.8 Å². The quantitative estimate of drug-likeness (QED) is 0.834. The van der Waals surface area contributed by atoms with Gasteiger partial charge in [0.05, 0.1) is 4.90 Å². The highest BCUT2D eigenvalue weighted by molar-refractivity contribution is 7.90. The molecule has 1 aliphatic heterocycles. The van der Waals surface area contributed by atoms with Crippen LogP contribution in [0.2, 0.25) is 0 Å². The lowest BCUT2D eigenvalue weighted by Crippen LogP contribution is -2.49. The Kier molecular flexibility index (Phi) is 6.28. The van der Waals surface area contributed by atoms with Gasteiger partial charge in [0.2, 0.25) is 11.8 Å². The summed E-state index contributed by atoms with van der Waals surface area (Å²) in [4.78, 5) is 27.7. The fourth-order valence-corrected chi connectivity index (χ4v) is 3.81. The largest absolute Gasteiger partial charge is 0.368 e. The van der Waals surface area contributed by atoms with E-state index in [1.54, 1.807) is 26.0 Å². The average Bonchev–Trinajstić information content (AvgIpc) is 2.60. The van der Waals surface area contributed by atoms with Gasteiger partial charge in [-0.1, -0.05) is 27.7 Å². The lowest BCUT2D eigenvalue weighted by Gasteiger charge is -2.37. The summed E-state index contributed by atoms with van der Waals surface area (Å²) in [6, 6.07) is 6.45. The van der Waals surface area contributed by atoms with E-state index >= 15 is 0 Å². The van der Waals surface area contributed by atoms with Crippen LogP contribution in [0.4, 0.5) is 5.69 Å². The number of rotatable bonds is 5. The van der Waals surface area contributed by atoms with E-state index in [0.717, 1.165) is 5.69 Å². The van der Waals surface area contributed by atoms with Gasteiger partial charge in [0, 0.05) is 43.7 Å². The molecule has 0 spiro atoms. The van der Waals surface area contributed by atoms with Crippen molar-refractivity contribution in [1.82, 2.24) is 9.62 Å². The molecule has 7 nitrogen and oxygen atoms in total. The van der Waals surface area contributed by atoms with Crippen molar-refractivity contribution in [1.29, 1.82) is 0 Å². The van der Waals surface area contributed by atoms with Crippen molar-refractivity contribution in [2.75, 3.05) is 31.1 Å². The van der Waals surface area contributed by atoms with E-state index in [1.165, 1.54) is 12.1 Å². The molecular weight excluding hydrogens is 354 g/mol. The number of piperazine rings is 1. The Hall–Kier alpha value is -2.09. The predicted molar refractivity (Wildman–Crippen MR) is 100 cm³/mol. The molecule has 0 aromatic heterocycles. The number of nitrogens with zero attached hydrogens (tertiary/aromatic N) is 2. The summed E-state index contributed by atoms with van der Waals surface area (Å²) in [6.45, 7) is 9.78. The number of carbonyl (C=O) groups excluding carboxylic acids is 2. The summed E-state index contributed by atoms with van der Waals surface area (Å²) in [6.07, 6.45) is 0. The first-order valence-electron chi connectivity index (χ1n) is 8.82. The summed E-state index contributed by atoms with van der Waals surface area (Å²) in [5, 5.41) is 0. The van der Waals surface area contributed by atoms with Crippen LogP contribution in [0.25, 0.3) is 0 Å². The summed E-state index contributed by atoms with van der Waals surface area (Å²) >= 11 is 0. The molecule has 0 atom stereocenters. The second-order valence-electron chi connectivity index (χ2n) is 7.09. The van der Waals surface area contributed by atoms with Gasteiger partial charge in [0.25, 0.3) is 10.0 Å². The van der Waals surface area contributed by atoms with Crippen LogP contribution in [0.1, 0.15) is 27.7 Å². The van der Waals surface area contributed by atoms with Gasteiger partial charge in [-0.05, 0) is 24.3 Å². The first-order chi connectivity index (χ1) is 12.1. The smallest absolute Gasteiger partial charge is 0.264 e. The van der Waals surface area contributed by atoms with Gasteiger partial charge in [0.15, 0.2) is 0 Å². The lowest BCUT2D eigenvalue weighted by molar-refractivity contribution is -0.134. The van der Waals surface area contributed by atoms with Crippen molar-refractivity contribution in [2.24, 2.45) is 11.8 Å². The monoisotopic (exact) mass is 381 g/mol. The molecule has 1 heterocycles. The molecule has 8 heteroatoms. The predicted octanol–water partition coefficient (Wildman–Crippen LogP) is 1.45. The number of carbonyl (C=O) groups is 2. The minimum absolute atomic E-state index is 0.00732. The fourth-order valence-electron chi connectivity index (χ4n) is 2.70. The van der Waals surface area contributed by atoms with E-state index in [-0.39, 0.29) is 16.7 Å². The zero-order chi connectivity index (χ0) is 19.5. The highest BCUT2D eigenvalue weighted by Crippen LogP contribution is 2.20. The Labute approximate surface area is 155 Å². The first kappa shape index (κ1) is 20.2. The van der Waals surface area contributed by atoms with Crippen molar-refractivity contribution in [3.05, 3.63) is 24.3 Å². The number of sulfonamides is 1. The van der Waals surface area contributed by atoms with Crippen LogP contribution >= 0.6 is 0 Å². The molecule has 26 heavy (non-hydrogen) atoms. The SMILES string of the molecule is CC(C)C(=O)NS(=O)(=O)c1ccc(N2CCN(C(=O)C(C)C)CC2)cc1. The zero-order valence-corrected chi connectivity index (χ0v) is 16.5. The van der Waals surface area contributed by atoms with Crippen LogP contribution in [-0.4, -0.2) is 51.3 Å². The number of hydrogen-bond donors (Lipinski definition) is 1. The maximum atomic E-state index is 12.2. The number of amides is 2. The second kappa shape index (κ2) is 8.07. The van der Waals surface area contributed by atoms with Gasteiger partial charge in [0.1, 0.15) is 0 Å². The molecule has 1 saturated heterocycles. The minimum atomic E-state index is -3.85. The van der Waals surface area contributed by atoms with E-state index in [4.69, 9.17) is 0 Å². The van der Waals surface area contributed by atoms with E-state index in [9.17, 15) is 18.0 Å². The van der Waals surface area contributed by atoms with Crippen LogP contribution < -0.4 is 9.62 Å². The normalized spacial score (nSPS) is 15.5. The molecule has 2 amide bonds. The number of hydrogen-bond acceptors (Lipinski definition) is 5. The van der Waals surface area contributed by atoms with Crippen LogP contribution in [0.5, 0.6) is 0 Å². The molecule has 144 valence electrons. The van der Waals surface area contributed by atoms with Crippen LogP contribution in [0.15, 0.2) is 29.2 Å². The first-order valence-corrected chi connectivity index (χ1v) is 10.3. The van der Waals surface area contributed by atoms with E-state index in [1.807, 2.05) is 18.7 Å². The molecule has 1 fully saturated rings. The number of nitrogens with one attached hydrogen (secondary N) is 1. The van der Waals surface area contributed by atoms with Gasteiger partial charge in [-0.2, -0.15) is 0 Å². The number of benzene rings is 1. The molecule has 1 aromatic carbocycles. The lowest BCUT2D eigenvalue weighted by atomic mass is 10.1. The van der Waals surface area contributed by atoms with Gasteiger partial charge in [-0.3, -0.25) is 9.59 Å². The standard InChI is InChI=1S/C18H27N3O4S/c1-13(2)17(22)19-26(24,25)16-7-5-15(6-8-16)20-9-11-21(12-10-20)18(23)14(3)4/h5-8,13-14H,9-12H2,1-4H3,(H,19,22). The van der Waals surface area contributed by atoms with Gasteiger partial charge in [-0.25, -0.2) is 13.1 Å². The van der Waals surface area contributed by atoms with Gasteiger partial charge in [-0.15, -0.1) is 0 Å². The van der Waals surface area contributed by atoms with Crippen molar-refractivity contribution >= 4 is 27.5 Å². The number of anilines is 1. The molecule has 0 aliphatic carbocycles. The Bertz CT molecular complexity index is 749. The van der Waals surface area contributed by atoms with E-state index in [2.05, 4.69) is 9.62 Å². The third kappa shape index (κ3) is 4.75. The highest BCUT2D eigenvalue weighted by atomic mass is 32.2. The topological polar surface area (TPSA) is 86.8 Å². The van der Waals surface area contributed by atoms with E-state index in [0.29, 0.717) is 26.2 Å². The van der Waals surface area contributed by atoms with Gasteiger partial charge >= 0.3 is 0 Å². The maximum Gasteiger partial charge on any atom is 0.264 e. The summed E-state index contributed by atoms with van der Waals surface area (Å²) in [7, 11) is -3.85. The molecule has 0 unspecified atom stereocenters. The highest BCUT2D eigenvalue weighted by Gasteiger charge is 2.24. The minimum Gasteiger partial charge on any atom is -0.368 e. The van der Waals surface area contributed by atoms with Gasteiger partial charge < -0.3 is 9.80 Å². The molecule has 0 saturated carbocycles. The Morgan fingerprint density at radius 3 is 1.92 bits per heavy atom. The van der Waals surface area contributed by atoms with Crippen LogP contribution in [0.3, 0.4) is 0 Å².